The van der Waals surface area contributed by atoms with Gasteiger partial charge in [0.1, 0.15) is 5.82 Å². The lowest BCUT2D eigenvalue weighted by Gasteiger charge is -2.38. The molecule has 0 radical (unpaired) electrons. The fourth-order valence-electron chi connectivity index (χ4n) is 3.81. The highest BCUT2D eigenvalue weighted by Gasteiger charge is 2.50. The van der Waals surface area contributed by atoms with Crippen LogP contribution in [0.2, 0.25) is 0 Å². The number of nitrogens with one attached hydrogen (secondary N) is 1. The minimum Gasteiger partial charge on any atom is -0.365 e. The van der Waals surface area contributed by atoms with Gasteiger partial charge in [-0.15, -0.1) is 0 Å². The molecule has 4 nitrogen and oxygen atoms in total. The molecule has 0 aliphatic carbocycles. The van der Waals surface area contributed by atoms with Gasteiger partial charge in [0.2, 0.25) is 0 Å². The number of carbonyl (C=O) groups excluding carboxylic acids is 1. The van der Waals surface area contributed by atoms with Crippen LogP contribution in [0.25, 0.3) is 0 Å². The predicted molar refractivity (Wildman–Crippen MR) is 76.2 cm³/mol. The van der Waals surface area contributed by atoms with Crippen LogP contribution in [-0.4, -0.2) is 31.1 Å². The van der Waals surface area contributed by atoms with Gasteiger partial charge in [0, 0.05) is 25.2 Å². The Bertz CT molecular complexity index is 558. The van der Waals surface area contributed by atoms with Gasteiger partial charge in [0.15, 0.2) is 0 Å². The zero-order chi connectivity index (χ0) is 14.5. The van der Waals surface area contributed by atoms with E-state index in [9.17, 15) is 9.18 Å². The van der Waals surface area contributed by atoms with E-state index in [2.05, 4.69) is 24.1 Å². The summed E-state index contributed by atoms with van der Waals surface area (Å²) >= 11 is 0. The molecule has 2 atom stereocenters. The molecule has 108 valence electrons. The van der Waals surface area contributed by atoms with E-state index >= 15 is 0 Å². The molecule has 2 heterocycles. The summed E-state index contributed by atoms with van der Waals surface area (Å²) in [4.78, 5) is 13.7. The van der Waals surface area contributed by atoms with Gasteiger partial charge in [0.05, 0.1) is 11.3 Å². The Labute approximate surface area is 118 Å². The van der Waals surface area contributed by atoms with Crippen molar-refractivity contribution in [2.75, 3.05) is 24.5 Å². The van der Waals surface area contributed by atoms with E-state index in [4.69, 9.17) is 5.73 Å². The van der Waals surface area contributed by atoms with Gasteiger partial charge in [-0.1, -0.05) is 6.07 Å². The summed E-state index contributed by atoms with van der Waals surface area (Å²) in [6.45, 7) is 7.08. The minimum absolute atomic E-state index is 0.00788. The first-order chi connectivity index (χ1) is 9.43. The number of hydrogen-bond donors (Lipinski definition) is 2. The van der Waals surface area contributed by atoms with Crippen molar-refractivity contribution in [2.45, 2.75) is 19.4 Å². The molecule has 2 fully saturated rings. The zero-order valence-electron chi connectivity index (χ0n) is 11.8. The second-order valence-corrected chi connectivity index (χ2v) is 6.29. The average molecular weight is 277 g/mol. The molecule has 1 amide bonds. The van der Waals surface area contributed by atoms with Crippen molar-refractivity contribution in [1.29, 1.82) is 0 Å². The normalized spacial score (nSPS) is 27.6. The number of primary amides is 1. The van der Waals surface area contributed by atoms with Crippen LogP contribution in [0.1, 0.15) is 24.2 Å². The first kappa shape index (κ1) is 13.4. The van der Waals surface area contributed by atoms with E-state index < -0.39 is 11.7 Å². The molecule has 3 N–H and O–H groups in total. The van der Waals surface area contributed by atoms with Crippen LogP contribution in [-0.2, 0) is 0 Å². The van der Waals surface area contributed by atoms with Crippen molar-refractivity contribution in [3.8, 4) is 0 Å². The predicted octanol–water partition coefficient (Wildman–Crippen LogP) is 1.36. The molecule has 1 aromatic carbocycles. The monoisotopic (exact) mass is 277 g/mol. The molecular weight excluding hydrogens is 257 g/mol. The van der Waals surface area contributed by atoms with Crippen LogP contribution in [0.3, 0.4) is 0 Å². The van der Waals surface area contributed by atoms with Gasteiger partial charge in [-0.05, 0) is 37.8 Å². The van der Waals surface area contributed by atoms with Crippen LogP contribution in [0, 0.1) is 17.7 Å². The van der Waals surface area contributed by atoms with Crippen molar-refractivity contribution in [1.82, 2.24) is 5.32 Å². The number of benzene rings is 1. The molecule has 0 aromatic heterocycles. The number of hydrogen-bond acceptors (Lipinski definition) is 3. The number of halogens is 1. The average Bonchev–Trinajstić information content (AvgIpc) is 2.91. The number of amides is 1. The Kier molecular flexibility index (Phi) is 2.97. The molecule has 1 aromatic rings. The summed E-state index contributed by atoms with van der Waals surface area (Å²) < 4.78 is 14.0. The summed E-state index contributed by atoms with van der Waals surface area (Å²) in [6.07, 6.45) is 0. The van der Waals surface area contributed by atoms with E-state index in [0.29, 0.717) is 17.5 Å². The molecule has 3 rings (SSSR count). The van der Waals surface area contributed by atoms with Crippen LogP contribution >= 0.6 is 0 Å². The van der Waals surface area contributed by atoms with Crippen LogP contribution in [0.15, 0.2) is 18.2 Å². The topological polar surface area (TPSA) is 58.4 Å². The second kappa shape index (κ2) is 4.45. The molecule has 20 heavy (non-hydrogen) atoms. The van der Waals surface area contributed by atoms with E-state index in [1.54, 1.807) is 12.1 Å². The van der Waals surface area contributed by atoms with E-state index in [0.717, 1.165) is 19.6 Å². The molecule has 0 saturated carbocycles. The maximum absolute atomic E-state index is 14.0. The third-order valence-corrected chi connectivity index (χ3v) is 4.89. The van der Waals surface area contributed by atoms with Crippen molar-refractivity contribution in [2.24, 2.45) is 17.6 Å². The Morgan fingerprint density at radius 2 is 2.20 bits per heavy atom. The SMILES string of the molecule is CC1(C)C2CNCC2CN1c1cccc(F)c1C(N)=O. The molecular formula is C15H20FN3O. The Balaban J connectivity index is 2.06. The number of fused-ring (bicyclic) bond motifs is 1. The molecule has 2 saturated heterocycles. The molecule has 5 heteroatoms. The van der Waals surface area contributed by atoms with Crippen molar-refractivity contribution in [3.05, 3.63) is 29.6 Å². The van der Waals surface area contributed by atoms with Crippen LogP contribution in [0.5, 0.6) is 0 Å². The molecule has 0 spiro atoms. The summed E-state index contributed by atoms with van der Waals surface area (Å²) in [5, 5.41) is 3.41. The Hall–Kier alpha value is -1.62. The third kappa shape index (κ3) is 1.80. The first-order valence-corrected chi connectivity index (χ1v) is 6.99. The lowest BCUT2D eigenvalue weighted by Crippen LogP contribution is -2.45. The summed E-state index contributed by atoms with van der Waals surface area (Å²) in [6, 6.07) is 4.72. The van der Waals surface area contributed by atoms with Crippen LogP contribution < -0.4 is 16.0 Å². The van der Waals surface area contributed by atoms with Gasteiger partial charge in [-0.3, -0.25) is 4.79 Å². The highest BCUT2D eigenvalue weighted by molar-refractivity contribution is 5.99. The van der Waals surface area contributed by atoms with Gasteiger partial charge in [-0.2, -0.15) is 0 Å². The maximum atomic E-state index is 14.0. The Morgan fingerprint density at radius 3 is 2.85 bits per heavy atom. The number of nitrogens with zero attached hydrogens (tertiary/aromatic N) is 1. The lowest BCUT2D eigenvalue weighted by molar-refractivity contribution is 0.0997. The number of carbonyl (C=O) groups is 1. The van der Waals surface area contributed by atoms with E-state index in [-0.39, 0.29) is 11.1 Å². The van der Waals surface area contributed by atoms with Gasteiger partial charge < -0.3 is 16.0 Å². The quantitative estimate of drug-likeness (QED) is 0.858. The largest absolute Gasteiger partial charge is 0.365 e. The van der Waals surface area contributed by atoms with Gasteiger partial charge >= 0.3 is 0 Å². The molecule has 2 unspecified atom stereocenters. The maximum Gasteiger partial charge on any atom is 0.253 e. The molecule has 2 aliphatic heterocycles. The Morgan fingerprint density at radius 1 is 1.45 bits per heavy atom. The summed E-state index contributed by atoms with van der Waals surface area (Å²) in [7, 11) is 0. The third-order valence-electron chi connectivity index (χ3n) is 4.89. The fraction of sp³-hybridized carbons (Fsp3) is 0.533. The fourth-order valence-corrected chi connectivity index (χ4v) is 3.81. The van der Waals surface area contributed by atoms with Crippen molar-refractivity contribution < 1.29 is 9.18 Å². The van der Waals surface area contributed by atoms with Gasteiger partial charge in [-0.25, -0.2) is 4.39 Å². The number of rotatable bonds is 2. The highest BCUT2D eigenvalue weighted by atomic mass is 19.1. The van der Waals surface area contributed by atoms with Gasteiger partial charge in [0.25, 0.3) is 5.91 Å². The lowest BCUT2D eigenvalue weighted by atomic mass is 9.84. The second-order valence-electron chi connectivity index (χ2n) is 6.29. The number of anilines is 1. The standard InChI is InChI=1S/C15H20FN3O/c1-15(2)10-7-18-6-9(10)8-19(15)12-5-3-4-11(16)13(12)14(17)20/h3-5,9-10,18H,6-8H2,1-2H3,(H2,17,20). The summed E-state index contributed by atoms with van der Waals surface area (Å²) in [5.74, 6) is -0.203. The number of nitrogens with two attached hydrogens (primary N) is 1. The van der Waals surface area contributed by atoms with E-state index in [1.165, 1.54) is 6.07 Å². The van der Waals surface area contributed by atoms with Crippen LogP contribution in [0.4, 0.5) is 10.1 Å². The summed E-state index contributed by atoms with van der Waals surface area (Å²) in [5.41, 5.74) is 5.88. The highest BCUT2D eigenvalue weighted by Crippen LogP contribution is 2.44. The molecule has 0 bridgehead atoms. The van der Waals surface area contributed by atoms with Crippen molar-refractivity contribution in [3.63, 3.8) is 0 Å². The zero-order valence-corrected chi connectivity index (χ0v) is 11.8. The molecule has 2 aliphatic rings. The van der Waals surface area contributed by atoms with E-state index in [1.807, 2.05) is 0 Å². The first-order valence-electron chi connectivity index (χ1n) is 6.99. The minimum atomic E-state index is -0.705. The smallest absolute Gasteiger partial charge is 0.253 e. The van der Waals surface area contributed by atoms with Crippen molar-refractivity contribution >= 4 is 11.6 Å².